The molecule has 0 spiro atoms. The van der Waals surface area contributed by atoms with Gasteiger partial charge < -0.3 is 19.5 Å². The molecular formula is C24H27NO3. The highest BCUT2D eigenvalue weighted by atomic mass is 16.5. The van der Waals surface area contributed by atoms with E-state index in [1.54, 1.807) is 21.3 Å². The van der Waals surface area contributed by atoms with Crippen LogP contribution in [0.5, 0.6) is 17.2 Å². The molecular weight excluding hydrogens is 350 g/mol. The fraction of sp³-hybridized carbons (Fsp3) is 0.250. The van der Waals surface area contributed by atoms with Crippen LogP contribution in [0.1, 0.15) is 24.1 Å². The van der Waals surface area contributed by atoms with E-state index in [4.69, 9.17) is 14.2 Å². The minimum atomic E-state index is 0.249. The minimum Gasteiger partial charge on any atom is -0.497 e. The first-order chi connectivity index (χ1) is 13.7. The second-order valence-electron chi connectivity index (χ2n) is 6.62. The van der Waals surface area contributed by atoms with Gasteiger partial charge in [-0.1, -0.05) is 42.5 Å². The lowest BCUT2D eigenvalue weighted by atomic mass is 10.0. The van der Waals surface area contributed by atoms with Crippen LogP contribution < -0.4 is 19.5 Å². The van der Waals surface area contributed by atoms with Gasteiger partial charge in [-0.25, -0.2) is 0 Å². The zero-order valence-electron chi connectivity index (χ0n) is 16.9. The summed E-state index contributed by atoms with van der Waals surface area (Å²) >= 11 is 0. The van der Waals surface area contributed by atoms with Gasteiger partial charge in [0.05, 0.1) is 21.3 Å². The Labute approximate surface area is 167 Å². The van der Waals surface area contributed by atoms with Crippen LogP contribution in [0, 0.1) is 0 Å². The molecule has 0 unspecified atom stereocenters. The molecule has 4 heteroatoms. The third kappa shape index (κ3) is 4.46. The van der Waals surface area contributed by atoms with Crippen LogP contribution in [0.15, 0.2) is 66.7 Å². The predicted molar refractivity (Wildman–Crippen MR) is 113 cm³/mol. The first-order valence-corrected chi connectivity index (χ1v) is 9.34. The largest absolute Gasteiger partial charge is 0.497 e. The number of benzene rings is 3. The summed E-state index contributed by atoms with van der Waals surface area (Å²) in [7, 11) is 5.00. The molecule has 28 heavy (non-hydrogen) atoms. The van der Waals surface area contributed by atoms with Crippen LogP contribution in [0.4, 0.5) is 0 Å². The van der Waals surface area contributed by atoms with Crippen molar-refractivity contribution in [2.45, 2.75) is 19.5 Å². The van der Waals surface area contributed by atoms with Crippen LogP contribution >= 0.6 is 0 Å². The fourth-order valence-corrected chi connectivity index (χ4v) is 3.24. The average molecular weight is 377 g/mol. The van der Waals surface area contributed by atoms with Crippen molar-refractivity contribution in [3.05, 3.63) is 77.9 Å². The van der Waals surface area contributed by atoms with E-state index in [1.807, 2.05) is 36.4 Å². The van der Waals surface area contributed by atoms with Gasteiger partial charge in [-0.2, -0.15) is 0 Å². The van der Waals surface area contributed by atoms with Crippen LogP contribution in [0.3, 0.4) is 0 Å². The molecule has 0 heterocycles. The Kier molecular flexibility index (Phi) is 6.56. The van der Waals surface area contributed by atoms with Crippen molar-refractivity contribution in [1.29, 1.82) is 0 Å². The van der Waals surface area contributed by atoms with E-state index in [0.29, 0.717) is 0 Å². The van der Waals surface area contributed by atoms with Crippen molar-refractivity contribution < 1.29 is 14.2 Å². The van der Waals surface area contributed by atoms with E-state index < -0.39 is 0 Å². The third-order valence-electron chi connectivity index (χ3n) is 4.85. The van der Waals surface area contributed by atoms with Gasteiger partial charge in [0.25, 0.3) is 0 Å². The van der Waals surface area contributed by atoms with E-state index in [9.17, 15) is 0 Å². The van der Waals surface area contributed by atoms with Crippen molar-refractivity contribution in [3.63, 3.8) is 0 Å². The molecule has 0 aliphatic carbocycles. The lowest BCUT2D eigenvalue weighted by molar-refractivity contribution is 0.355. The van der Waals surface area contributed by atoms with Gasteiger partial charge in [-0.05, 0) is 47.9 Å². The van der Waals surface area contributed by atoms with Crippen LogP contribution in [-0.2, 0) is 6.54 Å². The number of nitrogens with one attached hydrogen (secondary N) is 1. The minimum absolute atomic E-state index is 0.249. The Balaban J connectivity index is 1.89. The molecule has 0 aliphatic heterocycles. The second-order valence-corrected chi connectivity index (χ2v) is 6.62. The van der Waals surface area contributed by atoms with Gasteiger partial charge in [0.15, 0.2) is 11.5 Å². The Morgan fingerprint density at radius 3 is 2.14 bits per heavy atom. The highest BCUT2D eigenvalue weighted by Crippen LogP contribution is 2.39. The van der Waals surface area contributed by atoms with Gasteiger partial charge in [0.2, 0.25) is 0 Å². The number of methoxy groups -OCH3 is 3. The van der Waals surface area contributed by atoms with Gasteiger partial charge in [-0.15, -0.1) is 0 Å². The summed E-state index contributed by atoms with van der Waals surface area (Å²) in [4.78, 5) is 0. The van der Waals surface area contributed by atoms with Crippen molar-refractivity contribution in [3.8, 4) is 28.4 Å². The number of hydrogen-bond acceptors (Lipinski definition) is 4. The maximum Gasteiger partial charge on any atom is 0.168 e. The lowest BCUT2D eigenvalue weighted by Crippen LogP contribution is -2.18. The quantitative estimate of drug-likeness (QED) is 0.583. The molecule has 0 aromatic heterocycles. The average Bonchev–Trinajstić information content (AvgIpc) is 2.77. The predicted octanol–water partition coefficient (Wildman–Crippen LogP) is 5.23. The molecule has 1 atom stereocenters. The summed E-state index contributed by atoms with van der Waals surface area (Å²) in [5.41, 5.74) is 4.44. The maximum atomic E-state index is 5.65. The lowest BCUT2D eigenvalue weighted by Gasteiger charge is -2.18. The molecule has 0 saturated heterocycles. The third-order valence-corrected chi connectivity index (χ3v) is 4.85. The normalized spacial score (nSPS) is 11.7. The maximum absolute atomic E-state index is 5.65. The van der Waals surface area contributed by atoms with Crippen molar-refractivity contribution in [2.75, 3.05) is 21.3 Å². The van der Waals surface area contributed by atoms with Crippen molar-refractivity contribution in [2.24, 2.45) is 0 Å². The highest BCUT2D eigenvalue weighted by Gasteiger charge is 2.15. The van der Waals surface area contributed by atoms with Crippen molar-refractivity contribution >= 4 is 0 Å². The molecule has 0 bridgehead atoms. The van der Waals surface area contributed by atoms with Gasteiger partial charge in [0, 0.05) is 18.2 Å². The highest BCUT2D eigenvalue weighted by molar-refractivity contribution is 5.75. The van der Waals surface area contributed by atoms with Gasteiger partial charge in [0.1, 0.15) is 5.75 Å². The molecule has 0 radical (unpaired) electrons. The van der Waals surface area contributed by atoms with Crippen molar-refractivity contribution in [1.82, 2.24) is 5.32 Å². The molecule has 3 aromatic carbocycles. The Hall–Kier alpha value is -2.98. The summed E-state index contributed by atoms with van der Waals surface area (Å²) in [6, 6.07) is 22.8. The van der Waals surface area contributed by atoms with Gasteiger partial charge >= 0.3 is 0 Å². The SMILES string of the molecule is COc1ccc(-c2cc(CN[C@H](C)c3ccccc3)cc(OC)c2OC)cc1. The fourth-order valence-electron chi connectivity index (χ4n) is 3.24. The van der Waals surface area contributed by atoms with Crippen LogP contribution in [0.2, 0.25) is 0 Å². The molecule has 0 fully saturated rings. The number of rotatable bonds is 8. The summed E-state index contributed by atoms with van der Waals surface area (Å²) in [6.07, 6.45) is 0. The van der Waals surface area contributed by atoms with E-state index in [2.05, 4.69) is 42.6 Å². The Bertz CT molecular complexity index is 892. The van der Waals surface area contributed by atoms with Crippen LogP contribution in [-0.4, -0.2) is 21.3 Å². The smallest absolute Gasteiger partial charge is 0.168 e. The van der Waals surface area contributed by atoms with E-state index in [1.165, 1.54) is 5.56 Å². The first kappa shape index (κ1) is 19.8. The topological polar surface area (TPSA) is 39.7 Å². The zero-order chi connectivity index (χ0) is 19.9. The molecule has 0 saturated carbocycles. The van der Waals surface area contributed by atoms with E-state index in [0.717, 1.165) is 40.5 Å². The van der Waals surface area contributed by atoms with E-state index in [-0.39, 0.29) is 6.04 Å². The molecule has 3 aromatic rings. The van der Waals surface area contributed by atoms with Gasteiger partial charge in [-0.3, -0.25) is 0 Å². The summed E-state index contributed by atoms with van der Waals surface area (Å²) in [5.74, 6) is 2.27. The monoisotopic (exact) mass is 377 g/mol. The summed E-state index contributed by atoms with van der Waals surface area (Å²) in [5, 5.41) is 3.58. The molecule has 146 valence electrons. The first-order valence-electron chi connectivity index (χ1n) is 9.34. The van der Waals surface area contributed by atoms with Crippen LogP contribution in [0.25, 0.3) is 11.1 Å². The molecule has 4 nitrogen and oxygen atoms in total. The summed E-state index contributed by atoms with van der Waals surface area (Å²) in [6.45, 7) is 2.89. The Morgan fingerprint density at radius 2 is 1.54 bits per heavy atom. The second kappa shape index (κ2) is 9.29. The summed E-state index contributed by atoms with van der Waals surface area (Å²) < 4.78 is 16.5. The molecule has 0 aliphatic rings. The number of ether oxygens (including phenoxy) is 3. The Morgan fingerprint density at radius 1 is 0.821 bits per heavy atom. The van der Waals surface area contributed by atoms with E-state index >= 15 is 0 Å². The zero-order valence-corrected chi connectivity index (χ0v) is 16.9. The number of hydrogen-bond donors (Lipinski definition) is 1. The molecule has 3 rings (SSSR count). The standard InChI is InChI=1S/C24H27NO3/c1-17(19-8-6-5-7-9-19)25-16-18-14-22(24(28-4)23(15-18)27-3)20-10-12-21(26-2)13-11-20/h5-15,17,25H,16H2,1-4H3/t17-/m1/s1. The molecule has 0 amide bonds. The molecule has 1 N–H and O–H groups in total.